The van der Waals surface area contributed by atoms with E-state index >= 15 is 0 Å². The number of carboxylic acid groups (broad SMARTS) is 1. The molecule has 104 valence electrons. The quantitative estimate of drug-likeness (QED) is 0.860. The lowest BCUT2D eigenvalue weighted by atomic mass is 10.2. The van der Waals surface area contributed by atoms with Gasteiger partial charge < -0.3 is 14.8 Å². The van der Waals surface area contributed by atoms with Crippen LogP contribution in [0.3, 0.4) is 0 Å². The first-order chi connectivity index (χ1) is 9.54. The van der Waals surface area contributed by atoms with Crippen molar-refractivity contribution < 1.29 is 19.1 Å². The van der Waals surface area contributed by atoms with Crippen molar-refractivity contribution in [3.8, 4) is 11.5 Å². The van der Waals surface area contributed by atoms with Crippen LogP contribution in [-0.2, 0) is 16.0 Å². The summed E-state index contributed by atoms with van der Waals surface area (Å²) in [7, 11) is 0. The number of aryl methyl sites for hydroxylation is 1. The predicted molar refractivity (Wildman–Crippen MR) is 70.0 cm³/mol. The highest BCUT2D eigenvalue weighted by Gasteiger charge is 2.10. The zero-order valence-electron chi connectivity index (χ0n) is 10.8. The molecule has 0 spiro atoms. The number of benzene rings is 1. The second-order valence-electron chi connectivity index (χ2n) is 4.15. The first kappa shape index (κ1) is 13.7. The van der Waals surface area contributed by atoms with E-state index in [1.54, 1.807) is 24.3 Å². The molecule has 0 unspecified atom stereocenters. The minimum Gasteiger partial charge on any atom is -0.481 e. The molecule has 7 nitrogen and oxygen atoms in total. The van der Waals surface area contributed by atoms with E-state index in [4.69, 9.17) is 9.52 Å². The van der Waals surface area contributed by atoms with Crippen molar-refractivity contribution in [1.29, 1.82) is 0 Å². The maximum absolute atomic E-state index is 10.9. The summed E-state index contributed by atoms with van der Waals surface area (Å²) in [6, 6.07) is 6.91. The van der Waals surface area contributed by atoms with Crippen LogP contribution in [-0.4, -0.2) is 27.2 Å². The number of hydrogen-bond acceptors (Lipinski definition) is 5. The van der Waals surface area contributed by atoms with E-state index in [1.165, 1.54) is 6.92 Å². The molecule has 2 N–H and O–H groups in total. The molecule has 1 aromatic heterocycles. The summed E-state index contributed by atoms with van der Waals surface area (Å²) in [5.74, 6) is -0.455. The first-order valence-corrected chi connectivity index (χ1v) is 5.97. The fourth-order valence-corrected chi connectivity index (χ4v) is 1.58. The van der Waals surface area contributed by atoms with Gasteiger partial charge in [0.1, 0.15) is 0 Å². The Morgan fingerprint density at radius 3 is 2.55 bits per heavy atom. The number of rotatable bonds is 5. The number of nitrogens with zero attached hydrogens (tertiary/aromatic N) is 2. The van der Waals surface area contributed by atoms with Crippen LogP contribution in [0.1, 0.15) is 19.2 Å². The van der Waals surface area contributed by atoms with Gasteiger partial charge in [-0.2, -0.15) is 0 Å². The standard InChI is InChI=1S/C13H13N3O4/c1-8(17)14-10-4-2-9(3-5-10)13-16-15-11(20-13)6-7-12(18)19/h2-5H,6-7H2,1H3,(H,14,17)(H,18,19). The Kier molecular flexibility index (Phi) is 4.09. The zero-order valence-corrected chi connectivity index (χ0v) is 10.8. The molecular formula is C13H13N3O4. The van der Waals surface area contributed by atoms with Crippen molar-refractivity contribution in [1.82, 2.24) is 10.2 Å². The van der Waals surface area contributed by atoms with Crippen LogP contribution < -0.4 is 5.32 Å². The Morgan fingerprint density at radius 1 is 1.25 bits per heavy atom. The molecule has 2 aromatic rings. The minimum absolute atomic E-state index is 0.0525. The van der Waals surface area contributed by atoms with Gasteiger partial charge in [-0.3, -0.25) is 9.59 Å². The molecule has 7 heteroatoms. The molecule has 1 aromatic carbocycles. The van der Waals surface area contributed by atoms with Gasteiger partial charge in [0.05, 0.1) is 6.42 Å². The normalized spacial score (nSPS) is 10.2. The third-order valence-corrected chi connectivity index (χ3v) is 2.47. The number of aromatic nitrogens is 2. The van der Waals surface area contributed by atoms with Crippen LogP contribution in [0, 0.1) is 0 Å². The van der Waals surface area contributed by atoms with Gasteiger partial charge in [-0.1, -0.05) is 0 Å². The molecule has 0 radical (unpaired) electrons. The van der Waals surface area contributed by atoms with Crippen molar-refractivity contribution in [2.75, 3.05) is 5.32 Å². The SMILES string of the molecule is CC(=O)Nc1ccc(-c2nnc(CCC(=O)O)o2)cc1. The minimum atomic E-state index is -0.913. The molecule has 0 saturated heterocycles. The molecule has 0 fully saturated rings. The van der Waals surface area contributed by atoms with E-state index in [2.05, 4.69) is 15.5 Å². The third kappa shape index (κ3) is 3.64. The van der Waals surface area contributed by atoms with E-state index in [-0.39, 0.29) is 24.6 Å². The summed E-state index contributed by atoms with van der Waals surface area (Å²) in [4.78, 5) is 21.3. The summed E-state index contributed by atoms with van der Waals surface area (Å²) in [5.41, 5.74) is 1.38. The van der Waals surface area contributed by atoms with Crippen LogP contribution in [0.15, 0.2) is 28.7 Å². The number of aliphatic carboxylic acids is 1. The second-order valence-corrected chi connectivity index (χ2v) is 4.15. The average molecular weight is 275 g/mol. The largest absolute Gasteiger partial charge is 0.481 e. The molecule has 0 aliphatic rings. The van der Waals surface area contributed by atoms with E-state index in [0.717, 1.165) is 0 Å². The van der Waals surface area contributed by atoms with Gasteiger partial charge in [-0.25, -0.2) is 0 Å². The molecule has 0 saturated carbocycles. The fraction of sp³-hybridized carbons (Fsp3) is 0.231. The summed E-state index contributed by atoms with van der Waals surface area (Å²) in [6.45, 7) is 1.43. The van der Waals surface area contributed by atoms with Crippen LogP contribution >= 0.6 is 0 Å². The molecule has 0 bridgehead atoms. The molecule has 0 aliphatic heterocycles. The highest BCUT2D eigenvalue weighted by Crippen LogP contribution is 2.20. The Morgan fingerprint density at radius 2 is 1.95 bits per heavy atom. The zero-order chi connectivity index (χ0) is 14.5. The highest BCUT2D eigenvalue weighted by molar-refractivity contribution is 5.88. The van der Waals surface area contributed by atoms with E-state index in [9.17, 15) is 9.59 Å². The van der Waals surface area contributed by atoms with Crippen molar-refractivity contribution in [2.45, 2.75) is 19.8 Å². The van der Waals surface area contributed by atoms with Gasteiger partial charge in [-0.15, -0.1) is 10.2 Å². The Balaban J connectivity index is 2.07. The van der Waals surface area contributed by atoms with Gasteiger partial charge in [0.2, 0.25) is 17.7 Å². The summed E-state index contributed by atoms with van der Waals surface area (Å²) in [6.07, 6.45) is 0.148. The fourth-order valence-electron chi connectivity index (χ4n) is 1.58. The molecule has 0 aliphatic carbocycles. The monoisotopic (exact) mass is 275 g/mol. The number of amides is 1. The van der Waals surface area contributed by atoms with Gasteiger partial charge in [0.15, 0.2) is 0 Å². The Hall–Kier alpha value is -2.70. The average Bonchev–Trinajstić information content (AvgIpc) is 2.85. The lowest BCUT2D eigenvalue weighted by Crippen LogP contribution is -2.05. The third-order valence-electron chi connectivity index (χ3n) is 2.47. The number of carbonyl (C=O) groups is 2. The lowest BCUT2D eigenvalue weighted by molar-refractivity contribution is -0.137. The maximum atomic E-state index is 10.9. The molecule has 2 rings (SSSR count). The number of carbonyl (C=O) groups excluding carboxylic acids is 1. The van der Waals surface area contributed by atoms with E-state index < -0.39 is 5.97 Å². The molecule has 1 heterocycles. The van der Waals surface area contributed by atoms with E-state index in [1.807, 2.05) is 0 Å². The van der Waals surface area contributed by atoms with Crippen molar-refractivity contribution in [2.24, 2.45) is 0 Å². The molecule has 0 atom stereocenters. The van der Waals surface area contributed by atoms with Gasteiger partial charge in [0, 0.05) is 24.6 Å². The highest BCUT2D eigenvalue weighted by atomic mass is 16.4. The van der Waals surface area contributed by atoms with Crippen molar-refractivity contribution >= 4 is 17.6 Å². The second kappa shape index (κ2) is 5.96. The molecule has 20 heavy (non-hydrogen) atoms. The Bertz CT molecular complexity index is 619. The number of anilines is 1. The molecular weight excluding hydrogens is 262 g/mol. The van der Waals surface area contributed by atoms with Crippen molar-refractivity contribution in [3.05, 3.63) is 30.2 Å². The maximum Gasteiger partial charge on any atom is 0.303 e. The van der Waals surface area contributed by atoms with E-state index in [0.29, 0.717) is 17.1 Å². The summed E-state index contributed by atoms with van der Waals surface area (Å²) in [5, 5.41) is 18.9. The van der Waals surface area contributed by atoms with Gasteiger partial charge in [-0.05, 0) is 24.3 Å². The predicted octanol–water partition coefficient (Wildman–Crippen LogP) is 1.71. The van der Waals surface area contributed by atoms with Gasteiger partial charge >= 0.3 is 5.97 Å². The van der Waals surface area contributed by atoms with Crippen LogP contribution in [0.5, 0.6) is 0 Å². The van der Waals surface area contributed by atoms with Gasteiger partial charge in [0.25, 0.3) is 0 Å². The lowest BCUT2D eigenvalue weighted by Gasteiger charge is -2.01. The Labute approximate surface area is 114 Å². The van der Waals surface area contributed by atoms with Crippen LogP contribution in [0.25, 0.3) is 11.5 Å². The number of nitrogens with one attached hydrogen (secondary N) is 1. The topological polar surface area (TPSA) is 105 Å². The van der Waals surface area contributed by atoms with Crippen LogP contribution in [0.2, 0.25) is 0 Å². The first-order valence-electron chi connectivity index (χ1n) is 5.97. The number of carboxylic acids is 1. The summed E-state index contributed by atoms with van der Waals surface area (Å²) >= 11 is 0. The molecule has 1 amide bonds. The summed E-state index contributed by atoms with van der Waals surface area (Å²) < 4.78 is 5.37. The smallest absolute Gasteiger partial charge is 0.303 e. The van der Waals surface area contributed by atoms with Crippen molar-refractivity contribution in [3.63, 3.8) is 0 Å². The number of hydrogen-bond donors (Lipinski definition) is 2. The van der Waals surface area contributed by atoms with Crippen LogP contribution in [0.4, 0.5) is 5.69 Å².